The van der Waals surface area contributed by atoms with Gasteiger partial charge in [0.05, 0.1) is 5.38 Å². The molecule has 1 nitrogen and oxygen atoms in total. The molecule has 0 N–H and O–H groups in total. The molecule has 2 aromatic rings. The Labute approximate surface area is 124 Å². The number of hydrogen-bond donors (Lipinski definition) is 0. The van der Waals surface area contributed by atoms with E-state index < -0.39 is 23.6 Å². The molecule has 0 aromatic heterocycles. The van der Waals surface area contributed by atoms with Crippen LogP contribution in [0.4, 0.5) is 17.6 Å². The van der Waals surface area contributed by atoms with E-state index >= 15 is 0 Å². The van der Waals surface area contributed by atoms with Crippen molar-refractivity contribution in [3.05, 3.63) is 65.2 Å². The van der Waals surface area contributed by atoms with Crippen LogP contribution in [0, 0.1) is 11.6 Å². The molecule has 0 radical (unpaired) electrons. The zero-order chi connectivity index (χ0) is 15.4. The molecule has 21 heavy (non-hydrogen) atoms. The molecule has 6 heteroatoms. The molecule has 0 bridgehead atoms. The molecule has 1 atom stereocenters. The maximum atomic E-state index is 13.1. The van der Waals surface area contributed by atoms with Gasteiger partial charge in [0, 0.05) is 0 Å². The van der Waals surface area contributed by atoms with Gasteiger partial charge in [-0.3, -0.25) is 0 Å². The molecule has 0 heterocycles. The third-order valence-corrected chi connectivity index (χ3v) is 3.27. The smallest absolute Gasteiger partial charge is 0.387 e. The van der Waals surface area contributed by atoms with Gasteiger partial charge in [0.1, 0.15) is 5.75 Å². The lowest BCUT2D eigenvalue weighted by molar-refractivity contribution is -0.0498. The minimum Gasteiger partial charge on any atom is -0.435 e. The summed E-state index contributed by atoms with van der Waals surface area (Å²) in [5, 5.41) is -0.490. The van der Waals surface area contributed by atoms with Crippen LogP contribution in [0.5, 0.6) is 5.75 Å². The van der Waals surface area contributed by atoms with Crippen molar-refractivity contribution in [3.63, 3.8) is 0 Å². The van der Waals surface area contributed by atoms with Gasteiger partial charge in [0.2, 0.25) is 0 Å². The van der Waals surface area contributed by atoms with Crippen molar-refractivity contribution >= 4 is 11.6 Å². The summed E-state index contributed by atoms with van der Waals surface area (Å²) in [4.78, 5) is 0. The maximum Gasteiger partial charge on any atom is 0.387 e. The van der Waals surface area contributed by atoms with E-state index in [-0.39, 0.29) is 12.2 Å². The summed E-state index contributed by atoms with van der Waals surface area (Å²) in [5.74, 6) is -1.82. The Morgan fingerprint density at radius 1 is 0.952 bits per heavy atom. The lowest BCUT2D eigenvalue weighted by Gasteiger charge is -2.11. The van der Waals surface area contributed by atoms with Crippen molar-refractivity contribution in [3.8, 4) is 5.75 Å². The summed E-state index contributed by atoms with van der Waals surface area (Å²) < 4.78 is 54.2. The van der Waals surface area contributed by atoms with Crippen molar-refractivity contribution in [2.75, 3.05) is 0 Å². The van der Waals surface area contributed by atoms with Crippen LogP contribution < -0.4 is 4.74 Å². The Hall–Kier alpha value is -1.75. The highest BCUT2D eigenvalue weighted by molar-refractivity contribution is 6.20. The Morgan fingerprint density at radius 3 is 2.19 bits per heavy atom. The monoisotopic (exact) mass is 318 g/mol. The van der Waals surface area contributed by atoms with Crippen LogP contribution in [0.2, 0.25) is 0 Å². The molecule has 1 unspecified atom stereocenters. The molecule has 0 saturated carbocycles. The van der Waals surface area contributed by atoms with Gasteiger partial charge in [-0.15, -0.1) is 11.6 Å². The second-order valence-corrected chi connectivity index (χ2v) is 4.89. The number of ether oxygens (including phenoxy) is 1. The molecule has 2 rings (SSSR count). The van der Waals surface area contributed by atoms with Crippen LogP contribution in [-0.2, 0) is 6.42 Å². The van der Waals surface area contributed by atoms with Crippen molar-refractivity contribution < 1.29 is 22.3 Å². The quantitative estimate of drug-likeness (QED) is 0.551. The molecule has 0 fully saturated rings. The molecule has 0 aliphatic rings. The van der Waals surface area contributed by atoms with E-state index in [9.17, 15) is 17.6 Å². The summed E-state index contributed by atoms with van der Waals surface area (Å²) in [5.41, 5.74) is 1.21. The molecular formula is C15H11ClF4O. The minimum atomic E-state index is -2.88. The first-order valence-electron chi connectivity index (χ1n) is 6.08. The summed E-state index contributed by atoms with van der Waals surface area (Å²) in [6.07, 6.45) is 0.286. The summed E-state index contributed by atoms with van der Waals surface area (Å²) in [6, 6.07) is 9.42. The van der Waals surface area contributed by atoms with E-state index in [1.165, 1.54) is 18.2 Å². The SMILES string of the molecule is Fc1ccc(CC(Cl)c2ccc(OC(F)F)cc2)cc1F. The average Bonchev–Trinajstić information content (AvgIpc) is 2.43. The van der Waals surface area contributed by atoms with Crippen LogP contribution in [0.3, 0.4) is 0 Å². The molecule has 0 aliphatic heterocycles. The van der Waals surface area contributed by atoms with Crippen LogP contribution in [0.1, 0.15) is 16.5 Å². The molecule has 0 saturated heterocycles. The van der Waals surface area contributed by atoms with Gasteiger partial charge in [0.15, 0.2) is 11.6 Å². The van der Waals surface area contributed by atoms with Gasteiger partial charge >= 0.3 is 6.61 Å². The number of alkyl halides is 3. The van der Waals surface area contributed by atoms with Gasteiger partial charge in [-0.1, -0.05) is 18.2 Å². The van der Waals surface area contributed by atoms with Crippen LogP contribution in [0.25, 0.3) is 0 Å². The highest BCUT2D eigenvalue weighted by Crippen LogP contribution is 2.27. The second-order valence-electron chi connectivity index (χ2n) is 4.37. The van der Waals surface area contributed by atoms with Gasteiger partial charge in [-0.2, -0.15) is 8.78 Å². The lowest BCUT2D eigenvalue weighted by Crippen LogP contribution is -2.02. The Balaban J connectivity index is 2.05. The van der Waals surface area contributed by atoms with E-state index in [0.29, 0.717) is 11.1 Å². The standard InChI is InChI=1S/C15H11ClF4O/c16-12(7-9-1-6-13(17)14(18)8-9)10-2-4-11(5-3-10)21-15(19)20/h1-6,8,12,15H,7H2. The summed E-state index contributed by atoms with van der Waals surface area (Å²) in [6.45, 7) is -2.88. The van der Waals surface area contributed by atoms with Crippen LogP contribution in [0.15, 0.2) is 42.5 Å². The molecule has 2 aromatic carbocycles. The van der Waals surface area contributed by atoms with Crippen molar-refractivity contribution in [2.45, 2.75) is 18.4 Å². The average molecular weight is 319 g/mol. The topological polar surface area (TPSA) is 9.23 Å². The first-order valence-corrected chi connectivity index (χ1v) is 6.52. The van der Waals surface area contributed by atoms with Crippen molar-refractivity contribution in [1.82, 2.24) is 0 Å². The lowest BCUT2D eigenvalue weighted by atomic mass is 10.0. The van der Waals surface area contributed by atoms with Crippen LogP contribution in [-0.4, -0.2) is 6.61 Å². The highest BCUT2D eigenvalue weighted by Gasteiger charge is 2.12. The Morgan fingerprint density at radius 2 is 1.62 bits per heavy atom. The van der Waals surface area contributed by atoms with E-state index in [0.717, 1.165) is 12.1 Å². The number of rotatable bonds is 5. The van der Waals surface area contributed by atoms with Gasteiger partial charge in [0.25, 0.3) is 0 Å². The van der Waals surface area contributed by atoms with Crippen molar-refractivity contribution in [2.24, 2.45) is 0 Å². The highest BCUT2D eigenvalue weighted by atomic mass is 35.5. The zero-order valence-electron chi connectivity index (χ0n) is 10.7. The summed E-state index contributed by atoms with van der Waals surface area (Å²) >= 11 is 6.19. The number of benzene rings is 2. The van der Waals surface area contributed by atoms with E-state index in [2.05, 4.69) is 4.74 Å². The number of halogens is 5. The van der Waals surface area contributed by atoms with Gasteiger partial charge in [-0.25, -0.2) is 8.78 Å². The van der Waals surface area contributed by atoms with E-state index in [4.69, 9.17) is 11.6 Å². The Kier molecular flexibility index (Phi) is 5.07. The first kappa shape index (κ1) is 15.6. The fourth-order valence-electron chi connectivity index (χ4n) is 1.85. The van der Waals surface area contributed by atoms with Crippen LogP contribution >= 0.6 is 11.6 Å². The van der Waals surface area contributed by atoms with Gasteiger partial charge in [-0.05, 0) is 41.8 Å². The largest absolute Gasteiger partial charge is 0.435 e. The third-order valence-electron chi connectivity index (χ3n) is 2.87. The zero-order valence-corrected chi connectivity index (χ0v) is 11.5. The fourth-order valence-corrected chi connectivity index (χ4v) is 2.17. The fraction of sp³-hybridized carbons (Fsp3) is 0.200. The summed E-state index contributed by atoms with van der Waals surface area (Å²) in [7, 11) is 0. The molecule has 112 valence electrons. The first-order chi connectivity index (χ1) is 9.95. The molecule has 0 spiro atoms. The van der Waals surface area contributed by atoms with Crippen molar-refractivity contribution in [1.29, 1.82) is 0 Å². The normalized spacial score (nSPS) is 12.5. The van der Waals surface area contributed by atoms with E-state index in [1.807, 2.05) is 0 Å². The predicted molar refractivity (Wildman–Crippen MR) is 71.7 cm³/mol. The van der Waals surface area contributed by atoms with E-state index in [1.54, 1.807) is 12.1 Å². The minimum absolute atomic E-state index is 0.0328. The maximum absolute atomic E-state index is 13.1. The molecule has 0 aliphatic carbocycles. The third kappa shape index (κ3) is 4.36. The second kappa shape index (κ2) is 6.80. The van der Waals surface area contributed by atoms with Gasteiger partial charge < -0.3 is 4.74 Å². The number of hydrogen-bond acceptors (Lipinski definition) is 1. The predicted octanol–water partition coefficient (Wildman–Crippen LogP) is 5.09. The molecule has 0 amide bonds. The Bertz CT molecular complexity index is 601. The molecular weight excluding hydrogens is 308 g/mol.